The van der Waals surface area contributed by atoms with E-state index in [2.05, 4.69) is 24.6 Å². The van der Waals surface area contributed by atoms with E-state index in [1.54, 1.807) is 6.33 Å². The molecule has 2 heterocycles. The standard InChI is InChI=1S/C15H19F3N6O/c16-15(17,18)25-13-3-1-12(2-4-13)24-11-20-14(21-24)23-9-7-22(6-5-19)8-10-23/h1-4,11H,5-10,19H2. The van der Waals surface area contributed by atoms with Crippen LogP contribution in [0.2, 0.25) is 0 Å². The Bertz CT molecular complexity index is 679. The van der Waals surface area contributed by atoms with E-state index < -0.39 is 6.36 Å². The third kappa shape index (κ3) is 4.60. The number of nitrogens with two attached hydrogens (primary N) is 1. The lowest BCUT2D eigenvalue weighted by Gasteiger charge is -2.33. The minimum Gasteiger partial charge on any atom is -0.406 e. The summed E-state index contributed by atoms with van der Waals surface area (Å²) < 4.78 is 41.9. The number of anilines is 1. The molecule has 0 aliphatic carbocycles. The molecule has 1 aromatic heterocycles. The zero-order valence-corrected chi connectivity index (χ0v) is 13.5. The molecule has 0 spiro atoms. The van der Waals surface area contributed by atoms with Gasteiger partial charge in [-0.1, -0.05) is 0 Å². The zero-order valence-electron chi connectivity index (χ0n) is 13.5. The van der Waals surface area contributed by atoms with Gasteiger partial charge in [0, 0.05) is 39.3 Å². The summed E-state index contributed by atoms with van der Waals surface area (Å²) in [6, 6.07) is 5.49. The normalized spacial score (nSPS) is 16.2. The van der Waals surface area contributed by atoms with Crippen molar-refractivity contribution in [1.82, 2.24) is 19.7 Å². The number of nitrogens with zero attached hydrogens (tertiary/aromatic N) is 5. The molecular weight excluding hydrogens is 337 g/mol. The highest BCUT2D eigenvalue weighted by atomic mass is 19.4. The van der Waals surface area contributed by atoms with E-state index in [1.165, 1.54) is 28.9 Å². The van der Waals surface area contributed by atoms with Crippen LogP contribution < -0.4 is 15.4 Å². The average Bonchev–Trinajstić information content (AvgIpc) is 3.05. The van der Waals surface area contributed by atoms with E-state index >= 15 is 0 Å². The van der Waals surface area contributed by atoms with Crippen LogP contribution in [0.1, 0.15) is 0 Å². The van der Waals surface area contributed by atoms with E-state index in [0.717, 1.165) is 32.7 Å². The van der Waals surface area contributed by atoms with Crippen molar-refractivity contribution < 1.29 is 17.9 Å². The molecule has 2 N–H and O–H groups in total. The molecule has 3 rings (SSSR count). The Morgan fingerprint density at radius 2 is 1.76 bits per heavy atom. The van der Waals surface area contributed by atoms with E-state index in [1.807, 2.05) is 0 Å². The van der Waals surface area contributed by atoms with Crippen molar-refractivity contribution in [3.8, 4) is 11.4 Å². The van der Waals surface area contributed by atoms with Crippen molar-refractivity contribution >= 4 is 5.95 Å². The maximum absolute atomic E-state index is 12.2. The molecule has 7 nitrogen and oxygen atoms in total. The third-order valence-electron chi connectivity index (χ3n) is 3.92. The third-order valence-corrected chi connectivity index (χ3v) is 3.92. The van der Waals surface area contributed by atoms with Crippen LogP contribution >= 0.6 is 0 Å². The smallest absolute Gasteiger partial charge is 0.406 e. The highest BCUT2D eigenvalue weighted by Gasteiger charge is 2.31. The van der Waals surface area contributed by atoms with E-state index in [0.29, 0.717) is 18.2 Å². The Morgan fingerprint density at radius 1 is 1.08 bits per heavy atom. The molecule has 1 aliphatic rings. The first kappa shape index (κ1) is 17.5. The van der Waals surface area contributed by atoms with Crippen LogP contribution in [0.3, 0.4) is 0 Å². The maximum Gasteiger partial charge on any atom is 0.573 e. The van der Waals surface area contributed by atoms with Gasteiger partial charge in [0.2, 0.25) is 5.95 Å². The molecule has 10 heteroatoms. The van der Waals surface area contributed by atoms with Gasteiger partial charge in [0.15, 0.2) is 0 Å². The first-order chi connectivity index (χ1) is 11.9. The predicted molar refractivity (Wildman–Crippen MR) is 85.7 cm³/mol. The van der Waals surface area contributed by atoms with Gasteiger partial charge in [-0.05, 0) is 24.3 Å². The number of aromatic nitrogens is 3. The quantitative estimate of drug-likeness (QED) is 0.869. The Balaban J connectivity index is 1.63. The summed E-state index contributed by atoms with van der Waals surface area (Å²) in [5.41, 5.74) is 6.17. The second-order valence-electron chi connectivity index (χ2n) is 5.65. The Morgan fingerprint density at radius 3 is 2.36 bits per heavy atom. The van der Waals surface area contributed by atoms with Crippen molar-refractivity contribution in [3.63, 3.8) is 0 Å². The molecule has 1 aliphatic heterocycles. The molecule has 1 aromatic carbocycles. The van der Waals surface area contributed by atoms with Crippen molar-refractivity contribution in [2.75, 3.05) is 44.2 Å². The molecular formula is C15H19F3N6O. The Labute approximate surface area is 142 Å². The molecule has 0 saturated carbocycles. The summed E-state index contributed by atoms with van der Waals surface area (Å²) in [5.74, 6) is 0.329. The molecule has 1 saturated heterocycles. The molecule has 0 amide bonds. The first-order valence-electron chi connectivity index (χ1n) is 7.90. The molecule has 0 radical (unpaired) electrons. The molecule has 0 unspecified atom stereocenters. The summed E-state index contributed by atoms with van der Waals surface area (Å²) in [6.07, 6.45) is -3.16. The Hall–Kier alpha value is -2.33. The number of alkyl halides is 3. The fraction of sp³-hybridized carbons (Fsp3) is 0.467. The van der Waals surface area contributed by atoms with Crippen LogP contribution in [-0.2, 0) is 0 Å². The lowest BCUT2D eigenvalue weighted by Crippen LogP contribution is -2.48. The predicted octanol–water partition coefficient (Wildman–Crippen LogP) is 1.25. The Kier molecular flexibility index (Phi) is 5.09. The molecule has 0 atom stereocenters. The van der Waals surface area contributed by atoms with Gasteiger partial charge in [0.05, 0.1) is 5.69 Å². The number of benzene rings is 1. The van der Waals surface area contributed by atoms with Crippen molar-refractivity contribution in [3.05, 3.63) is 30.6 Å². The molecule has 136 valence electrons. The molecule has 1 fully saturated rings. The van der Waals surface area contributed by atoms with Gasteiger partial charge in [0.1, 0.15) is 12.1 Å². The van der Waals surface area contributed by atoms with Gasteiger partial charge < -0.3 is 15.4 Å². The number of rotatable bonds is 5. The van der Waals surface area contributed by atoms with Crippen LogP contribution in [0, 0.1) is 0 Å². The van der Waals surface area contributed by atoms with Gasteiger partial charge in [-0.25, -0.2) is 4.68 Å². The number of ether oxygens (including phenoxy) is 1. The minimum absolute atomic E-state index is 0.271. The van der Waals surface area contributed by atoms with Crippen LogP contribution in [0.5, 0.6) is 5.75 Å². The largest absolute Gasteiger partial charge is 0.573 e. The zero-order chi connectivity index (χ0) is 17.9. The topological polar surface area (TPSA) is 72.4 Å². The van der Waals surface area contributed by atoms with Gasteiger partial charge in [-0.2, -0.15) is 4.98 Å². The van der Waals surface area contributed by atoms with Crippen molar-refractivity contribution in [2.24, 2.45) is 5.73 Å². The summed E-state index contributed by atoms with van der Waals surface area (Å²) in [7, 11) is 0. The number of halogens is 3. The van der Waals surface area contributed by atoms with E-state index in [4.69, 9.17) is 5.73 Å². The fourth-order valence-electron chi connectivity index (χ4n) is 2.68. The summed E-state index contributed by atoms with van der Waals surface area (Å²) >= 11 is 0. The maximum atomic E-state index is 12.2. The van der Waals surface area contributed by atoms with Crippen LogP contribution in [0.15, 0.2) is 30.6 Å². The molecule has 25 heavy (non-hydrogen) atoms. The SMILES string of the molecule is NCCN1CCN(c2ncn(-c3ccc(OC(F)(F)F)cc3)n2)CC1. The van der Waals surface area contributed by atoms with Crippen molar-refractivity contribution in [1.29, 1.82) is 0 Å². The fourth-order valence-corrected chi connectivity index (χ4v) is 2.68. The number of hydrogen-bond donors (Lipinski definition) is 1. The van der Waals surface area contributed by atoms with Crippen molar-refractivity contribution in [2.45, 2.75) is 6.36 Å². The summed E-state index contributed by atoms with van der Waals surface area (Å²) in [6.45, 7) is 4.93. The minimum atomic E-state index is -4.70. The average molecular weight is 356 g/mol. The number of piperazine rings is 1. The van der Waals surface area contributed by atoms with E-state index in [-0.39, 0.29) is 5.75 Å². The van der Waals surface area contributed by atoms with E-state index in [9.17, 15) is 13.2 Å². The molecule has 0 bridgehead atoms. The summed E-state index contributed by atoms with van der Waals surface area (Å²) in [5, 5.41) is 4.40. The molecule has 2 aromatic rings. The highest BCUT2D eigenvalue weighted by molar-refractivity contribution is 5.38. The van der Waals surface area contributed by atoms with Gasteiger partial charge in [0.25, 0.3) is 0 Å². The summed E-state index contributed by atoms with van der Waals surface area (Å²) in [4.78, 5) is 8.65. The second kappa shape index (κ2) is 7.28. The lowest BCUT2D eigenvalue weighted by atomic mass is 10.3. The van der Waals surface area contributed by atoms with Gasteiger partial charge in [-0.15, -0.1) is 18.3 Å². The monoisotopic (exact) mass is 356 g/mol. The lowest BCUT2D eigenvalue weighted by molar-refractivity contribution is -0.274. The first-order valence-corrected chi connectivity index (χ1v) is 7.90. The van der Waals surface area contributed by atoms with Crippen LogP contribution in [0.25, 0.3) is 5.69 Å². The van der Waals surface area contributed by atoms with Gasteiger partial charge in [-0.3, -0.25) is 4.90 Å². The second-order valence-corrected chi connectivity index (χ2v) is 5.65. The number of hydrogen-bond acceptors (Lipinski definition) is 6. The highest BCUT2D eigenvalue weighted by Crippen LogP contribution is 2.23. The van der Waals surface area contributed by atoms with Crippen LogP contribution in [-0.4, -0.2) is 65.3 Å². The van der Waals surface area contributed by atoms with Gasteiger partial charge >= 0.3 is 6.36 Å². The van der Waals surface area contributed by atoms with Crippen LogP contribution in [0.4, 0.5) is 19.1 Å².